The van der Waals surface area contributed by atoms with Crippen LogP contribution in [0.2, 0.25) is 0 Å². The highest BCUT2D eigenvalue weighted by molar-refractivity contribution is 5.77. The van der Waals surface area contributed by atoms with Crippen LogP contribution in [0.25, 0.3) is 0 Å². The van der Waals surface area contributed by atoms with Crippen molar-refractivity contribution in [2.24, 2.45) is 11.8 Å². The maximum Gasteiger partial charge on any atom is 0.335 e. The van der Waals surface area contributed by atoms with E-state index in [0.717, 1.165) is 12.8 Å². The molecule has 0 spiro atoms. The van der Waals surface area contributed by atoms with Crippen LogP contribution < -0.4 is 0 Å². The third-order valence-corrected chi connectivity index (χ3v) is 3.05. The Morgan fingerprint density at radius 3 is 2.38 bits per heavy atom. The lowest BCUT2D eigenvalue weighted by atomic mass is 9.66. The van der Waals surface area contributed by atoms with Gasteiger partial charge in [-0.25, -0.2) is 4.79 Å². The first kappa shape index (κ1) is 10.5. The van der Waals surface area contributed by atoms with Gasteiger partial charge in [0, 0.05) is 0 Å². The van der Waals surface area contributed by atoms with Gasteiger partial charge in [0.15, 0.2) is 5.60 Å². The largest absolute Gasteiger partial charge is 0.479 e. The lowest BCUT2D eigenvalue weighted by molar-refractivity contribution is -0.172. The topological polar surface area (TPSA) is 57.5 Å². The minimum atomic E-state index is -1.46. The molecule has 0 radical (unpaired) electrons. The Bertz CT molecular complexity index is 196. The zero-order chi connectivity index (χ0) is 10.1. The molecule has 0 bridgehead atoms. The second kappa shape index (κ2) is 3.66. The average Bonchev–Trinajstić information content (AvgIpc) is 1.99. The Morgan fingerprint density at radius 1 is 1.54 bits per heavy atom. The second-order valence-corrected chi connectivity index (χ2v) is 4.25. The van der Waals surface area contributed by atoms with E-state index in [4.69, 9.17) is 5.11 Å². The van der Waals surface area contributed by atoms with Gasteiger partial charge >= 0.3 is 5.97 Å². The molecule has 0 aliphatic heterocycles. The van der Waals surface area contributed by atoms with Gasteiger partial charge in [-0.05, 0) is 31.1 Å². The van der Waals surface area contributed by atoms with Gasteiger partial charge in [0.1, 0.15) is 0 Å². The number of hydrogen-bond donors (Lipinski definition) is 2. The smallest absolute Gasteiger partial charge is 0.335 e. The van der Waals surface area contributed by atoms with Crippen molar-refractivity contribution in [2.75, 3.05) is 0 Å². The summed E-state index contributed by atoms with van der Waals surface area (Å²) in [5.41, 5.74) is -1.46. The second-order valence-electron chi connectivity index (χ2n) is 4.25. The van der Waals surface area contributed by atoms with Crippen molar-refractivity contribution in [2.45, 2.75) is 45.1 Å². The number of carbonyl (C=O) groups is 1. The van der Waals surface area contributed by atoms with Gasteiger partial charge in [0.05, 0.1) is 0 Å². The Kier molecular flexibility index (Phi) is 2.96. The molecular weight excluding hydrogens is 168 g/mol. The summed E-state index contributed by atoms with van der Waals surface area (Å²) in [7, 11) is 0. The molecule has 1 atom stereocenters. The summed E-state index contributed by atoms with van der Waals surface area (Å²) in [4.78, 5) is 10.9. The predicted octanol–water partition coefficient (Wildman–Crippen LogP) is 1.65. The highest BCUT2D eigenvalue weighted by Crippen LogP contribution is 2.42. The Morgan fingerprint density at radius 2 is 2.08 bits per heavy atom. The summed E-state index contributed by atoms with van der Waals surface area (Å²) in [6, 6.07) is 0. The summed E-state index contributed by atoms with van der Waals surface area (Å²) in [5.74, 6) is -0.501. The summed E-state index contributed by atoms with van der Waals surface area (Å²) < 4.78 is 0. The van der Waals surface area contributed by atoms with Crippen LogP contribution in [0, 0.1) is 11.8 Å². The van der Waals surface area contributed by atoms with Crippen LogP contribution in [0.5, 0.6) is 0 Å². The van der Waals surface area contributed by atoms with Gasteiger partial charge in [-0.3, -0.25) is 0 Å². The summed E-state index contributed by atoms with van der Waals surface area (Å²) in [5, 5.41) is 18.9. The molecule has 0 amide bonds. The van der Waals surface area contributed by atoms with E-state index in [-0.39, 0.29) is 5.92 Å². The molecule has 2 N–H and O–H groups in total. The van der Waals surface area contributed by atoms with E-state index in [2.05, 4.69) is 6.92 Å². The fourth-order valence-corrected chi connectivity index (χ4v) is 2.16. The van der Waals surface area contributed by atoms with Crippen LogP contribution in [0.1, 0.15) is 39.5 Å². The number of carboxylic acids is 1. The first-order chi connectivity index (χ1) is 6.00. The number of aliphatic carboxylic acids is 1. The van der Waals surface area contributed by atoms with Crippen molar-refractivity contribution in [1.29, 1.82) is 0 Å². The fraction of sp³-hybridized carbons (Fsp3) is 0.900. The van der Waals surface area contributed by atoms with Crippen molar-refractivity contribution >= 4 is 5.97 Å². The molecule has 0 aromatic rings. The van der Waals surface area contributed by atoms with E-state index in [1.807, 2.05) is 6.92 Å². The highest BCUT2D eigenvalue weighted by Gasteiger charge is 2.48. The molecule has 13 heavy (non-hydrogen) atoms. The molecule has 1 unspecified atom stereocenters. The van der Waals surface area contributed by atoms with E-state index in [0.29, 0.717) is 18.8 Å². The molecule has 1 aliphatic carbocycles. The summed E-state index contributed by atoms with van der Waals surface area (Å²) >= 11 is 0. The molecule has 1 saturated carbocycles. The van der Waals surface area contributed by atoms with Crippen LogP contribution in [0.15, 0.2) is 0 Å². The SMILES string of the molecule is CCCC(O)(C(=O)O)C1CC(C)C1. The van der Waals surface area contributed by atoms with Crippen LogP contribution in [-0.4, -0.2) is 21.8 Å². The molecule has 1 rings (SSSR count). The van der Waals surface area contributed by atoms with Crippen molar-refractivity contribution in [3.63, 3.8) is 0 Å². The molecule has 0 heterocycles. The molecule has 0 aromatic carbocycles. The molecule has 1 aliphatic rings. The number of hydrogen-bond acceptors (Lipinski definition) is 2. The first-order valence-electron chi connectivity index (χ1n) is 4.96. The molecule has 3 heteroatoms. The summed E-state index contributed by atoms with van der Waals surface area (Å²) in [6.45, 7) is 3.99. The lowest BCUT2D eigenvalue weighted by Crippen LogP contribution is -2.50. The lowest BCUT2D eigenvalue weighted by Gasteiger charge is -2.42. The third kappa shape index (κ3) is 1.85. The van der Waals surface area contributed by atoms with E-state index in [1.165, 1.54) is 0 Å². The molecule has 0 saturated heterocycles. The van der Waals surface area contributed by atoms with Crippen LogP contribution in [0.4, 0.5) is 0 Å². The molecule has 0 aromatic heterocycles. The quantitative estimate of drug-likeness (QED) is 0.701. The molecule has 76 valence electrons. The zero-order valence-electron chi connectivity index (χ0n) is 8.29. The molecular formula is C10H18O3. The van der Waals surface area contributed by atoms with Gasteiger partial charge in [0.2, 0.25) is 0 Å². The first-order valence-corrected chi connectivity index (χ1v) is 4.96. The number of carboxylic acid groups (broad SMARTS) is 1. The maximum atomic E-state index is 10.9. The standard InChI is InChI=1S/C10H18O3/c1-3-4-10(13,9(11)12)8-5-7(2)6-8/h7-8,13H,3-6H2,1-2H3,(H,11,12). The van der Waals surface area contributed by atoms with Crippen molar-refractivity contribution in [1.82, 2.24) is 0 Å². The van der Waals surface area contributed by atoms with E-state index in [1.54, 1.807) is 0 Å². The Labute approximate surface area is 78.8 Å². The molecule has 3 nitrogen and oxygen atoms in total. The predicted molar refractivity (Wildman–Crippen MR) is 49.4 cm³/mol. The summed E-state index contributed by atoms with van der Waals surface area (Å²) in [6.07, 6.45) is 2.79. The maximum absolute atomic E-state index is 10.9. The fourth-order valence-electron chi connectivity index (χ4n) is 2.16. The number of rotatable bonds is 4. The highest BCUT2D eigenvalue weighted by atomic mass is 16.4. The van der Waals surface area contributed by atoms with E-state index >= 15 is 0 Å². The Hall–Kier alpha value is -0.570. The van der Waals surface area contributed by atoms with Crippen LogP contribution in [-0.2, 0) is 4.79 Å². The van der Waals surface area contributed by atoms with Gasteiger partial charge in [-0.15, -0.1) is 0 Å². The van der Waals surface area contributed by atoms with Gasteiger partial charge in [-0.2, -0.15) is 0 Å². The minimum Gasteiger partial charge on any atom is -0.479 e. The van der Waals surface area contributed by atoms with Crippen molar-refractivity contribution < 1.29 is 15.0 Å². The van der Waals surface area contributed by atoms with E-state index < -0.39 is 11.6 Å². The zero-order valence-corrected chi connectivity index (χ0v) is 8.29. The van der Waals surface area contributed by atoms with Crippen molar-refractivity contribution in [3.05, 3.63) is 0 Å². The van der Waals surface area contributed by atoms with Crippen LogP contribution in [0.3, 0.4) is 0 Å². The monoisotopic (exact) mass is 186 g/mol. The minimum absolute atomic E-state index is 0.0278. The van der Waals surface area contributed by atoms with Gasteiger partial charge < -0.3 is 10.2 Å². The number of aliphatic hydroxyl groups is 1. The van der Waals surface area contributed by atoms with Gasteiger partial charge in [0.25, 0.3) is 0 Å². The Balaban J connectivity index is 2.62. The molecule has 1 fully saturated rings. The third-order valence-electron chi connectivity index (χ3n) is 3.05. The van der Waals surface area contributed by atoms with Crippen LogP contribution >= 0.6 is 0 Å². The van der Waals surface area contributed by atoms with Crippen molar-refractivity contribution in [3.8, 4) is 0 Å². The average molecular weight is 186 g/mol. The normalized spacial score (nSPS) is 31.9. The van der Waals surface area contributed by atoms with Gasteiger partial charge in [-0.1, -0.05) is 20.3 Å². The van der Waals surface area contributed by atoms with E-state index in [9.17, 15) is 9.90 Å².